The van der Waals surface area contributed by atoms with Crippen LogP contribution in [-0.4, -0.2) is 147 Å². The van der Waals surface area contributed by atoms with Gasteiger partial charge in [0.1, 0.15) is 17.9 Å². The molecule has 0 aromatic carbocycles. The second kappa shape index (κ2) is 15.4. The Morgan fingerprint density at radius 2 is 1.45 bits per heavy atom. The summed E-state index contributed by atoms with van der Waals surface area (Å²) < 4.78 is 0. The fraction of sp³-hybridized carbons (Fsp3) is 0.652. The molecule has 2 aliphatic heterocycles. The number of Topliss-reactive ketones (excluding diaryl/α,β-unsaturated/α-hetero) is 2. The highest BCUT2D eigenvalue weighted by Gasteiger charge is 2.42. The Kier molecular flexibility index (Phi) is 12.6. The normalized spacial score (nSPS) is 21.4. The summed E-state index contributed by atoms with van der Waals surface area (Å²) in [6.07, 6.45) is -1.80. The molecule has 19 heteroatoms. The number of carboxylic acid groups (broad SMARTS) is 3. The van der Waals surface area contributed by atoms with Gasteiger partial charge in [-0.05, 0) is 6.42 Å². The van der Waals surface area contributed by atoms with Crippen LogP contribution in [0.1, 0.15) is 25.7 Å². The molecule has 3 atom stereocenters. The van der Waals surface area contributed by atoms with Crippen LogP contribution < -0.4 is 21.7 Å². The van der Waals surface area contributed by atoms with Gasteiger partial charge in [0.25, 0.3) is 5.12 Å². The van der Waals surface area contributed by atoms with Crippen molar-refractivity contribution in [1.82, 2.24) is 30.7 Å². The van der Waals surface area contributed by atoms with Gasteiger partial charge in [-0.25, -0.2) is 4.79 Å². The predicted molar refractivity (Wildman–Crippen MR) is 141 cm³/mol. The number of carbonyl (C=O) groups excluding carboxylic acids is 5. The first-order chi connectivity index (χ1) is 19.6. The van der Waals surface area contributed by atoms with Crippen molar-refractivity contribution in [2.75, 3.05) is 52.4 Å². The first kappa shape index (κ1) is 34.3. The van der Waals surface area contributed by atoms with Crippen LogP contribution in [0, 0.1) is 0 Å². The molecule has 0 spiro atoms. The minimum absolute atomic E-state index is 0.0665. The van der Waals surface area contributed by atoms with E-state index >= 15 is 0 Å². The van der Waals surface area contributed by atoms with E-state index in [4.69, 9.17) is 17.3 Å². The van der Waals surface area contributed by atoms with E-state index in [9.17, 15) is 53.7 Å². The van der Waals surface area contributed by atoms with Crippen molar-refractivity contribution in [3.63, 3.8) is 0 Å². The number of ketones is 2. The lowest BCUT2D eigenvalue weighted by atomic mass is 10.0. The fourth-order valence-corrected chi connectivity index (χ4v) is 4.88. The number of rotatable bonds is 13. The molecular formula is C23H34ClN7O11. The number of piperidine rings is 1. The van der Waals surface area contributed by atoms with Crippen LogP contribution in [0.4, 0.5) is 4.79 Å². The van der Waals surface area contributed by atoms with Crippen molar-refractivity contribution >= 4 is 58.9 Å². The summed E-state index contributed by atoms with van der Waals surface area (Å²) in [5.41, 5.74) is 5.12. The molecule has 2 fully saturated rings. The number of nitrogens with two attached hydrogens (primary N) is 1. The summed E-state index contributed by atoms with van der Waals surface area (Å²) in [5.74, 6) is -6.97. The molecule has 0 aliphatic carbocycles. The maximum absolute atomic E-state index is 13.2. The van der Waals surface area contributed by atoms with Crippen molar-refractivity contribution in [2.24, 2.45) is 5.73 Å². The summed E-state index contributed by atoms with van der Waals surface area (Å²) in [4.78, 5) is 100. The van der Waals surface area contributed by atoms with Crippen molar-refractivity contribution in [3.8, 4) is 0 Å². The quantitative estimate of drug-likeness (QED) is 0.0454. The lowest BCUT2D eigenvalue weighted by Crippen LogP contribution is -2.66. The molecular weight excluding hydrogens is 586 g/mol. The highest BCUT2D eigenvalue weighted by atomic mass is 35.5. The average molecular weight is 620 g/mol. The van der Waals surface area contributed by atoms with Crippen LogP contribution in [0.25, 0.3) is 0 Å². The summed E-state index contributed by atoms with van der Waals surface area (Å²) in [7, 11) is 0. The van der Waals surface area contributed by atoms with Gasteiger partial charge in [-0.1, -0.05) is 11.6 Å². The Morgan fingerprint density at radius 3 is 1.90 bits per heavy atom. The van der Waals surface area contributed by atoms with Gasteiger partial charge in [0.2, 0.25) is 11.8 Å². The number of halogens is 1. The van der Waals surface area contributed by atoms with Crippen molar-refractivity contribution in [2.45, 2.75) is 42.9 Å². The molecule has 0 radical (unpaired) electrons. The molecule has 18 nitrogen and oxygen atoms in total. The Labute approximate surface area is 244 Å². The average Bonchev–Trinajstić information content (AvgIpc) is 2.93. The second-order valence-corrected chi connectivity index (χ2v) is 10.4. The molecule has 0 aromatic rings. The van der Waals surface area contributed by atoms with Crippen molar-refractivity contribution < 1.29 is 53.7 Å². The third-order valence-electron chi connectivity index (χ3n) is 6.64. The topological polar surface area (TPSA) is 269 Å². The molecule has 2 heterocycles. The van der Waals surface area contributed by atoms with E-state index in [-0.39, 0.29) is 65.2 Å². The summed E-state index contributed by atoms with van der Waals surface area (Å²) in [5, 5.41) is 32.0. The maximum atomic E-state index is 13.2. The molecule has 4 amide bonds. The number of alkyl halides is 1. The molecule has 234 valence electrons. The summed E-state index contributed by atoms with van der Waals surface area (Å²) in [6.45, 7) is 0.142. The fourth-order valence-electron chi connectivity index (χ4n) is 4.60. The Balaban J connectivity index is 2.19. The Morgan fingerprint density at radius 1 is 0.929 bits per heavy atom. The first-order valence-electron chi connectivity index (χ1n) is 12.9. The summed E-state index contributed by atoms with van der Waals surface area (Å²) >= 11 is 6.25. The Bertz CT molecular complexity index is 1060. The van der Waals surface area contributed by atoms with Crippen LogP contribution >= 0.6 is 11.6 Å². The number of carboxylic acids is 3. The largest absolute Gasteiger partial charge is 0.480 e. The standard InChI is InChI=1S/C23H34ClN7O11/c24-23(28-22(25)42,27-20(39)14-9-13(32)10-17(34)26-14)16(33)2-1-15(21(40)41)31-7-5-29(11-18(35)36)3-4-30(6-8-31)12-19(37)38/h14-15H,1-12H2,(H,26,34)(H,27,39)(H,35,36)(H,37,38)(H,40,41)(H3,25,28,42)/t14-,15?,23?/m0/s1. The smallest absolute Gasteiger partial charge is 0.320 e. The molecule has 0 bridgehead atoms. The third kappa shape index (κ3) is 10.8. The van der Waals surface area contributed by atoms with Crippen LogP contribution in [-0.2, 0) is 33.6 Å². The van der Waals surface area contributed by atoms with Crippen LogP contribution in [0.3, 0.4) is 0 Å². The highest BCUT2D eigenvalue weighted by Crippen LogP contribution is 2.18. The number of primary amides is 1. The maximum Gasteiger partial charge on any atom is 0.320 e. The number of nitrogens with zero attached hydrogens (tertiary/aromatic N) is 3. The van der Waals surface area contributed by atoms with E-state index in [2.05, 4.69) is 10.6 Å². The van der Waals surface area contributed by atoms with Crippen LogP contribution in [0.15, 0.2) is 0 Å². The molecule has 2 aliphatic rings. The van der Waals surface area contributed by atoms with Gasteiger partial charge in [0, 0.05) is 52.1 Å². The van der Waals surface area contributed by atoms with E-state index in [0.717, 1.165) is 0 Å². The van der Waals surface area contributed by atoms with Gasteiger partial charge in [0.15, 0.2) is 5.78 Å². The predicted octanol–water partition coefficient (Wildman–Crippen LogP) is -3.60. The molecule has 2 saturated heterocycles. The highest BCUT2D eigenvalue weighted by molar-refractivity contribution is 6.36. The molecule has 2 rings (SSSR count). The van der Waals surface area contributed by atoms with Gasteiger partial charge < -0.3 is 31.7 Å². The molecule has 8 N–H and O–H groups in total. The van der Waals surface area contributed by atoms with E-state index < -0.39 is 77.4 Å². The number of hydrogen-bond acceptors (Lipinski definition) is 11. The number of amides is 4. The zero-order chi connectivity index (χ0) is 31.6. The van der Waals surface area contributed by atoms with Crippen LogP contribution in [0.2, 0.25) is 0 Å². The van der Waals surface area contributed by atoms with E-state index in [0.29, 0.717) is 0 Å². The van der Waals surface area contributed by atoms with Crippen molar-refractivity contribution in [3.05, 3.63) is 0 Å². The molecule has 0 saturated carbocycles. The van der Waals surface area contributed by atoms with Crippen molar-refractivity contribution in [1.29, 1.82) is 0 Å². The van der Waals surface area contributed by atoms with Gasteiger partial charge in [-0.2, -0.15) is 0 Å². The Hall–Kier alpha value is -3.87. The van der Waals surface area contributed by atoms with E-state index in [1.54, 1.807) is 0 Å². The summed E-state index contributed by atoms with van der Waals surface area (Å²) in [6, 6.07) is -4.02. The zero-order valence-electron chi connectivity index (χ0n) is 22.5. The lowest BCUT2D eigenvalue weighted by molar-refractivity contribution is -0.145. The van der Waals surface area contributed by atoms with Gasteiger partial charge >= 0.3 is 23.9 Å². The van der Waals surface area contributed by atoms with Crippen LogP contribution in [0.5, 0.6) is 0 Å². The second-order valence-electron chi connectivity index (χ2n) is 9.87. The SMILES string of the molecule is NC(=O)NC(Cl)(NC(=O)[C@@H]1CC(=O)CC(=O)N1)C(=O)CCC(C(=O)O)N1CCN(CC(=O)O)CCN(CC(=O)O)CC1. The number of carbonyl (C=O) groups is 8. The zero-order valence-corrected chi connectivity index (χ0v) is 23.3. The number of nitrogens with one attached hydrogen (secondary N) is 3. The van der Waals surface area contributed by atoms with Gasteiger partial charge in [0.05, 0.1) is 19.5 Å². The minimum atomic E-state index is -2.64. The molecule has 2 unspecified atom stereocenters. The molecule has 42 heavy (non-hydrogen) atoms. The monoisotopic (exact) mass is 619 g/mol. The third-order valence-corrected chi connectivity index (χ3v) is 7.04. The lowest BCUT2D eigenvalue weighted by Gasteiger charge is -2.32. The van der Waals surface area contributed by atoms with E-state index in [1.165, 1.54) is 14.7 Å². The van der Waals surface area contributed by atoms with Gasteiger partial charge in [-0.15, -0.1) is 0 Å². The number of hydrogen-bond donors (Lipinski definition) is 7. The van der Waals surface area contributed by atoms with E-state index in [1.807, 2.05) is 5.32 Å². The molecule has 0 aromatic heterocycles. The first-order valence-corrected chi connectivity index (χ1v) is 13.3. The number of urea groups is 1. The minimum Gasteiger partial charge on any atom is -0.480 e. The number of aliphatic carboxylic acids is 3. The van der Waals surface area contributed by atoms with Gasteiger partial charge in [-0.3, -0.25) is 53.6 Å².